The second kappa shape index (κ2) is 9.41. The Bertz CT molecular complexity index is 1250. The number of carbonyl (C=O) groups excluding carboxylic acids is 2. The van der Waals surface area contributed by atoms with Gasteiger partial charge in [-0.3, -0.25) is 9.59 Å². The average molecular weight is 447 g/mol. The minimum absolute atomic E-state index is 0.181. The van der Waals surface area contributed by atoms with Crippen LogP contribution in [0, 0.1) is 6.92 Å². The van der Waals surface area contributed by atoms with Gasteiger partial charge in [-0.05, 0) is 67.1 Å². The van der Waals surface area contributed by atoms with Crippen molar-refractivity contribution in [2.45, 2.75) is 6.92 Å². The van der Waals surface area contributed by atoms with E-state index in [0.717, 1.165) is 5.56 Å². The number of furan rings is 1. The summed E-state index contributed by atoms with van der Waals surface area (Å²) in [6, 6.07) is 22.4. The maximum absolute atomic E-state index is 13.0. The molecule has 3 aromatic carbocycles. The maximum Gasteiger partial charge on any atom is 0.291 e. The zero-order chi connectivity index (χ0) is 22.5. The molecule has 2 amide bonds. The lowest BCUT2D eigenvalue weighted by atomic mass is 10.1. The molecule has 0 saturated carbocycles. The zero-order valence-corrected chi connectivity index (χ0v) is 17.8. The molecule has 7 heteroatoms. The molecule has 1 heterocycles. The molecule has 1 aromatic heterocycles. The van der Waals surface area contributed by atoms with Crippen LogP contribution in [0.15, 0.2) is 89.5 Å². The molecule has 0 radical (unpaired) electrons. The van der Waals surface area contributed by atoms with E-state index >= 15 is 0 Å². The number of anilines is 2. The highest BCUT2D eigenvalue weighted by Crippen LogP contribution is 2.32. The highest BCUT2D eigenvalue weighted by molar-refractivity contribution is 6.31. The van der Waals surface area contributed by atoms with Gasteiger partial charge in [0.25, 0.3) is 11.8 Å². The summed E-state index contributed by atoms with van der Waals surface area (Å²) in [6.45, 7) is 1.84. The summed E-state index contributed by atoms with van der Waals surface area (Å²) in [4.78, 5) is 25.3. The fourth-order valence-electron chi connectivity index (χ4n) is 2.99. The molecule has 0 fully saturated rings. The van der Waals surface area contributed by atoms with Gasteiger partial charge in [0.1, 0.15) is 5.75 Å². The number of ether oxygens (including phenoxy) is 1. The minimum Gasteiger partial charge on any atom is -0.459 e. The number of hydrogen-bond donors (Lipinski definition) is 2. The van der Waals surface area contributed by atoms with E-state index in [1.807, 2.05) is 37.3 Å². The van der Waals surface area contributed by atoms with Gasteiger partial charge in [0.05, 0.1) is 12.0 Å². The van der Waals surface area contributed by atoms with Crippen LogP contribution in [0.25, 0.3) is 0 Å². The van der Waals surface area contributed by atoms with Crippen LogP contribution in [-0.4, -0.2) is 11.8 Å². The number of rotatable bonds is 6. The number of para-hydroxylation sites is 1. The zero-order valence-electron chi connectivity index (χ0n) is 17.1. The highest BCUT2D eigenvalue weighted by atomic mass is 35.5. The molecule has 0 unspecified atom stereocenters. The quantitative estimate of drug-likeness (QED) is 0.352. The average Bonchev–Trinajstić information content (AvgIpc) is 3.33. The van der Waals surface area contributed by atoms with Gasteiger partial charge >= 0.3 is 0 Å². The van der Waals surface area contributed by atoms with E-state index in [4.69, 9.17) is 20.8 Å². The molecule has 6 nitrogen and oxygen atoms in total. The van der Waals surface area contributed by atoms with E-state index in [1.54, 1.807) is 48.5 Å². The summed E-state index contributed by atoms with van der Waals surface area (Å²) in [6.07, 6.45) is 1.42. The predicted octanol–water partition coefficient (Wildman–Crippen LogP) is 6.54. The summed E-state index contributed by atoms with van der Waals surface area (Å²) < 4.78 is 11.0. The Kier molecular flexibility index (Phi) is 6.24. The van der Waals surface area contributed by atoms with Crippen molar-refractivity contribution < 1.29 is 18.7 Å². The molecule has 0 aliphatic carbocycles. The van der Waals surface area contributed by atoms with Gasteiger partial charge in [0.2, 0.25) is 0 Å². The maximum atomic E-state index is 13.0. The molecule has 0 aliphatic rings. The summed E-state index contributed by atoms with van der Waals surface area (Å²) in [5, 5.41) is 6.06. The highest BCUT2D eigenvalue weighted by Gasteiger charge is 2.15. The van der Waals surface area contributed by atoms with Crippen LogP contribution in [0.5, 0.6) is 11.5 Å². The first-order chi connectivity index (χ1) is 15.5. The van der Waals surface area contributed by atoms with E-state index in [1.165, 1.54) is 6.26 Å². The normalized spacial score (nSPS) is 10.4. The fourth-order valence-corrected chi connectivity index (χ4v) is 3.16. The van der Waals surface area contributed by atoms with E-state index in [0.29, 0.717) is 33.5 Å². The number of hydrogen-bond acceptors (Lipinski definition) is 4. The molecule has 0 aliphatic heterocycles. The van der Waals surface area contributed by atoms with Crippen molar-refractivity contribution >= 4 is 34.8 Å². The SMILES string of the molecule is Cc1ccc(C(=O)Nc2cc(Cl)ccc2Oc2ccccc2)cc1NC(=O)c1ccco1. The van der Waals surface area contributed by atoms with Crippen LogP contribution in [-0.2, 0) is 0 Å². The summed E-state index contributed by atoms with van der Waals surface area (Å²) >= 11 is 6.14. The van der Waals surface area contributed by atoms with E-state index < -0.39 is 5.91 Å². The van der Waals surface area contributed by atoms with Crippen LogP contribution in [0.4, 0.5) is 11.4 Å². The Morgan fingerprint density at radius 3 is 2.38 bits per heavy atom. The van der Waals surface area contributed by atoms with Gasteiger partial charge in [0.15, 0.2) is 11.5 Å². The molecule has 4 rings (SSSR count). The number of benzene rings is 3. The van der Waals surface area contributed by atoms with Crippen LogP contribution < -0.4 is 15.4 Å². The summed E-state index contributed by atoms with van der Waals surface area (Å²) in [5.74, 6) is 0.486. The van der Waals surface area contributed by atoms with Gasteiger partial charge in [-0.2, -0.15) is 0 Å². The third-order valence-corrected chi connectivity index (χ3v) is 4.89. The molecule has 32 heavy (non-hydrogen) atoms. The number of halogens is 1. The molecular weight excluding hydrogens is 428 g/mol. The fraction of sp³-hybridized carbons (Fsp3) is 0.0400. The third kappa shape index (κ3) is 4.99. The number of nitrogens with one attached hydrogen (secondary N) is 2. The Morgan fingerprint density at radius 1 is 0.844 bits per heavy atom. The largest absolute Gasteiger partial charge is 0.459 e. The molecule has 0 atom stereocenters. The number of aryl methyl sites for hydroxylation is 1. The van der Waals surface area contributed by atoms with Crippen molar-refractivity contribution in [3.05, 3.63) is 107 Å². The Morgan fingerprint density at radius 2 is 1.62 bits per heavy atom. The van der Waals surface area contributed by atoms with Gasteiger partial charge in [-0.15, -0.1) is 0 Å². The van der Waals surface area contributed by atoms with Crippen molar-refractivity contribution in [2.75, 3.05) is 10.6 Å². The van der Waals surface area contributed by atoms with Gasteiger partial charge in [0, 0.05) is 16.3 Å². The summed E-state index contributed by atoms with van der Waals surface area (Å²) in [7, 11) is 0. The van der Waals surface area contributed by atoms with Crippen molar-refractivity contribution in [1.82, 2.24) is 0 Å². The Labute approximate surface area is 189 Å². The van der Waals surface area contributed by atoms with Crippen LogP contribution in [0.1, 0.15) is 26.5 Å². The molecule has 4 aromatic rings. The standard InChI is InChI=1S/C25H19ClN2O4/c1-16-9-10-17(14-20(16)27-25(30)23-8-5-13-31-23)24(29)28-21-15-18(26)11-12-22(21)32-19-6-3-2-4-7-19/h2-15H,1H3,(H,27,30)(H,28,29). The van der Waals surface area contributed by atoms with E-state index in [2.05, 4.69) is 10.6 Å². The minimum atomic E-state index is -0.399. The second-order valence-electron chi connectivity index (χ2n) is 6.97. The number of amides is 2. The molecule has 160 valence electrons. The predicted molar refractivity (Wildman–Crippen MR) is 124 cm³/mol. The molecular formula is C25H19ClN2O4. The van der Waals surface area contributed by atoms with Gasteiger partial charge in [-0.25, -0.2) is 0 Å². The van der Waals surface area contributed by atoms with Crippen molar-refractivity contribution in [1.29, 1.82) is 0 Å². The third-order valence-electron chi connectivity index (χ3n) is 4.65. The van der Waals surface area contributed by atoms with Crippen molar-refractivity contribution in [3.8, 4) is 11.5 Å². The Hall–Kier alpha value is -4.03. The topological polar surface area (TPSA) is 80.6 Å². The van der Waals surface area contributed by atoms with E-state index in [9.17, 15) is 9.59 Å². The molecule has 0 saturated heterocycles. The van der Waals surface area contributed by atoms with Crippen molar-refractivity contribution in [3.63, 3.8) is 0 Å². The van der Waals surface area contributed by atoms with Crippen LogP contribution >= 0.6 is 11.6 Å². The van der Waals surface area contributed by atoms with Crippen molar-refractivity contribution in [2.24, 2.45) is 0 Å². The Balaban J connectivity index is 1.55. The van der Waals surface area contributed by atoms with Gasteiger partial charge in [-0.1, -0.05) is 35.9 Å². The summed E-state index contributed by atoms with van der Waals surface area (Å²) in [5.41, 5.74) is 2.09. The first-order valence-electron chi connectivity index (χ1n) is 9.79. The van der Waals surface area contributed by atoms with Crippen LogP contribution in [0.3, 0.4) is 0 Å². The molecule has 0 spiro atoms. The smallest absolute Gasteiger partial charge is 0.291 e. The van der Waals surface area contributed by atoms with Crippen LogP contribution in [0.2, 0.25) is 5.02 Å². The molecule has 0 bridgehead atoms. The number of carbonyl (C=O) groups is 2. The van der Waals surface area contributed by atoms with Gasteiger partial charge < -0.3 is 19.8 Å². The lowest BCUT2D eigenvalue weighted by Crippen LogP contribution is -2.15. The lowest BCUT2D eigenvalue weighted by Gasteiger charge is -2.14. The monoisotopic (exact) mass is 446 g/mol. The first kappa shape index (κ1) is 21.2. The van der Waals surface area contributed by atoms with E-state index in [-0.39, 0.29) is 11.7 Å². The first-order valence-corrected chi connectivity index (χ1v) is 10.2. The second-order valence-corrected chi connectivity index (χ2v) is 7.41. The lowest BCUT2D eigenvalue weighted by molar-refractivity contribution is 0.0993. The molecule has 2 N–H and O–H groups in total.